The lowest BCUT2D eigenvalue weighted by Crippen LogP contribution is -2.54. The number of anilines is 3. The van der Waals surface area contributed by atoms with Crippen LogP contribution in [0.5, 0.6) is 0 Å². The van der Waals surface area contributed by atoms with Gasteiger partial charge in [-0.2, -0.15) is 0 Å². The highest BCUT2D eigenvalue weighted by atomic mass is 15.2. The van der Waals surface area contributed by atoms with E-state index < -0.39 is 0 Å². The number of hydrogen-bond donors (Lipinski definition) is 0. The lowest BCUT2D eigenvalue weighted by molar-refractivity contribution is 1.31. The van der Waals surface area contributed by atoms with E-state index in [1.807, 2.05) is 0 Å². The van der Waals surface area contributed by atoms with Crippen LogP contribution in [0.1, 0.15) is 0 Å². The first-order chi connectivity index (χ1) is 24.8. The summed E-state index contributed by atoms with van der Waals surface area (Å²) in [6.45, 7) is 0.139. The van der Waals surface area contributed by atoms with Crippen molar-refractivity contribution in [1.82, 2.24) is 0 Å². The van der Waals surface area contributed by atoms with E-state index in [0.717, 1.165) is 0 Å². The summed E-state index contributed by atoms with van der Waals surface area (Å²) in [4.78, 5) is 2.54. The van der Waals surface area contributed by atoms with E-state index in [-0.39, 0.29) is 6.71 Å². The molecule has 50 heavy (non-hydrogen) atoms. The minimum Gasteiger partial charge on any atom is -0.311 e. The zero-order valence-corrected chi connectivity index (χ0v) is 27.3. The van der Waals surface area contributed by atoms with Crippen molar-refractivity contribution in [1.29, 1.82) is 0 Å². The van der Waals surface area contributed by atoms with Crippen molar-refractivity contribution in [2.45, 2.75) is 0 Å². The minimum absolute atomic E-state index is 0.139. The number of rotatable bonds is 3. The van der Waals surface area contributed by atoms with Gasteiger partial charge >= 0.3 is 0 Å². The van der Waals surface area contributed by atoms with Crippen LogP contribution in [0.25, 0.3) is 65.7 Å². The van der Waals surface area contributed by atoms with Gasteiger partial charge in [-0.25, -0.2) is 0 Å². The Morgan fingerprint density at radius 1 is 0.320 bits per heavy atom. The molecule has 0 spiro atoms. The smallest absolute Gasteiger partial charge is 0.248 e. The molecule has 2 aliphatic rings. The zero-order chi connectivity index (χ0) is 32.8. The van der Waals surface area contributed by atoms with Crippen LogP contribution in [0.15, 0.2) is 182 Å². The molecule has 0 radical (unpaired) electrons. The second-order valence-corrected chi connectivity index (χ2v) is 13.7. The van der Waals surface area contributed by atoms with Crippen LogP contribution >= 0.6 is 0 Å². The number of hydrogen-bond acceptors (Lipinski definition) is 1. The molecule has 9 aromatic rings. The van der Waals surface area contributed by atoms with Crippen molar-refractivity contribution < 1.29 is 0 Å². The summed E-state index contributed by atoms with van der Waals surface area (Å²) in [6, 6.07) is 67.7. The fourth-order valence-corrected chi connectivity index (χ4v) is 8.63. The first kappa shape index (κ1) is 27.6. The fraction of sp³-hybridized carbons (Fsp3) is 0. The minimum atomic E-state index is 0.139. The number of fused-ring (bicyclic) bond motifs is 8. The van der Waals surface area contributed by atoms with Crippen LogP contribution in [-0.2, 0) is 0 Å². The fourth-order valence-electron chi connectivity index (χ4n) is 8.63. The predicted molar refractivity (Wildman–Crippen MR) is 215 cm³/mol. The van der Waals surface area contributed by atoms with Crippen molar-refractivity contribution in [3.8, 4) is 33.4 Å². The van der Waals surface area contributed by atoms with E-state index in [2.05, 4.69) is 187 Å². The maximum Gasteiger partial charge on any atom is 0.248 e. The maximum atomic E-state index is 2.54. The Labute approximate surface area is 291 Å². The van der Waals surface area contributed by atoms with Crippen molar-refractivity contribution in [3.63, 3.8) is 0 Å². The van der Waals surface area contributed by atoms with Gasteiger partial charge in [0.15, 0.2) is 0 Å². The Morgan fingerprint density at radius 2 is 0.900 bits per heavy atom. The van der Waals surface area contributed by atoms with Crippen LogP contribution in [-0.4, -0.2) is 6.71 Å². The SMILES string of the molecule is c1ccc(-c2cccc(-c3cc4c5c(c3)N(c3ccc6ccccc6c3)c3cc6ccccc6cc3B5c3cc5ccccc5cc3-4)c2)cc1. The zero-order valence-electron chi connectivity index (χ0n) is 27.3. The first-order valence-electron chi connectivity index (χ1n) is 17.5. The molecular weight excluding hydrogens is 601 g/mol. The van der Waals surface area contributed by atoms with Gasteiger partial charge in [0.05, 0.1) is 0 Å². The molecule has 2 aliphatic heterocycles. The van der Waals surface area contributed by atoms with Crippen molar-refractivity contribution >= 4 is 72.5 Å². The molecule has 2 heteroatoms. The Kier molecular flexibility index (Phi) is 5.82. The first-order valence-corrected chi connectivity index (χ1v) is 17.5. The molecule has 0 fully saturated rings. The molecule has 0 amide bonds. The molecule has 0 saturated carbocycles. The Bertz CT molecular complexity index is 2840. The van der Waals surface area contributed by atoms with Crippen LogP contribution < -0.4 is 21.3 Å². The van der Waals surface area contributed by atoms with Gasteiger partial charge in [0.1, 0.15) is 0 Å². The van der Waals surface area contributed by atoms with E-state index in [1.54, 1.807) is 0 Å². The summed E-state index contributed by atoms with van der Waals surface area (Å²) in [5, 5.41) is 7.59. The third-order valence-corrected chi connectivity index (χ3v) is 10.9. The number of benzene rings is 9. The molecule has 0 aliphatic carbocycles. The molecule has 11 rings (SSSR count). The normalized spacial score (nSPS) is 12.7. The average Bonchev–Trinajstić information content (AvgIpc) is 3.50. The van der Waals surface area contributed by atoms with Crippen LogP contribution in [0, 0.1) is 0 Å². The molecular formula is C48H30BN. The lowest BCUT2D eigenvalue weighted by Gasteiger charge is -2.37. The Morgan fingerprint density at radius 3 is 1.64 bits per heavy atom. The summed E-state index contributed by atoms with van der Waals surface area (Å²) < 4.78 is 0. The molecule has 0 atom stereocenters. The van der Waals surface area contributed by atoms with Crippen LogP contribution in [0.4, 0.5) is 17.1 Å². The summed E-state index contributed by atoms with van der Waals surface area (Å²) in [5.74, 6) is 0. The van der Waals surface area contributed by atoms with Gasteiger partial charge in [-0.15, -0.1) is 0 Å². The molecule has 2 heterocycles. The van der Waals surface area contributed by atoms with Crippen molar-refractivity contribution in [2.75, 3.05) is 4.90 Å². The number of nitrogens with zero attached hydrogens (tertiary/aromatic N) is 1. The highest BCUT2D eigenvalue weighted by molar-refractivity contribution is 7.01. The quantitative estimate of drug-likeness (QED) is 0.175. The largest absolute Gasteiger partial charge is 0.311 e. The monoisotopic (exact) mass is 631 g/mol. The highest BCUT2D eigenvalue weighted by Crippen LogP contribution is 2.45. The third-order valence-electron chi connectivity index (χ3n) is 10.9. The second kappa shape index (κ2) is 10.6. The van der Waals surface area contributed by atoms with Gasteiger partial charge in [-0.05, 0) is 119 Å². The van der Waals surface area contributed by atoms with Gasteiger partial charge in [0, 0.05) is 17.1 Å². The summed E-state index contributed by atoms with van der Waals surface area (Å²) in [5.41, 5.74) is 15.4. The van der Waals surface area contributed by atoms with Crippen LogP contribution in [0.3, 0.4) is 0 Å². The predicted octanol–water partition coefficient (Wildman–Crippen LogP) is 10.8. The molecule has 0 unspecified atom stereocenters. The van der Waals surface area contributed by atoms with E-state index in [9.17, 15) is 0 Å². The molecule has 0 saturated heterocycles. The summed E-state index contributed by atoms with van der Waals surface area (Å²) in [7, 11) is 0. The van der Waals surface area contributed by atoms with Crippen molar-refractivity contribution in [3.05, 3.63) is 182 Å². The molecule has 0 N–H and O–H groups in total. The van der Waals surface area contributed by atoms with E-state index in [4.69, 9.17) is 0 Å². The molecule has 230 valence electrons. The second-order valence-electron chi connectivity index (χ2n) is 13.7. The van der Waals surface area contributed by atoms with E-state index >= 15 is 0 Å². The topological polar surface area (TPSA) is 3.24 Å². The van der Waals surface area contributed by atoms with Crippen LogP contribution in [0.2, 0.25) is 0 Å². The van der Waals surface area contributed by atoms with Crippen molar-refractivity contribution in [2.24, 2.45) is 0 Å². The van der Waals surface area contributed by atoms with Gasteiger partial charge in [0.2, 0.25) is 6.71 Å². The molecule has 1 nitrogen and oxygen atoms in total. The standard InChI is InChI=1S/C48H30BN/c1-2-11-31(12-3-1)33-19-10-20-34(23-33)40-26-43-42-25-36-15-6-7-16-37(36)27-44(42)49-45-28-38-17-8-9-18-39(38)29-46(45)50(47(30-40)48(43)49)41-22-21-32-13-4-5-14-35(32)24-41/h1-30H. The maximum absolute atomic E-state index is 2.54. The Balaban J connectivity index is 1.24. The van der Waals surface area contributed by atoms with E-state index in [0.29, 0.717) is 0 Å². The van der Waals surface area contributed by atoms with Gasteiger partial charge in [0.25, 0.3) is 0 Å². The average molecular weight is 632 g/mol. The molecule has 9 aromatic carbocycles. The third kappa shape index (κ3) is 4.09. The molecule has 0 aromatic heterocycles. The van der Waals surface area contributed by atoms with Gasteiger partial charge < -0.3 is 4.90 Å². The summed E-state index contributed by atoms with van der Waals surface area (Å²) >= 11 is 0. The highest BCUT2D eigenvalue weighted by Gasteiger charge is 2.43. The lowest BCUT2D eigenvalue weighted by atomic mass is 9.37. The van der Waals surface area contributed by atoms with Gasteiger partial charge in [-0.1, -0.05) is 145 Å². The molecule has 0 bridgehead atoms. The summed E-state index contributed by atoms with van der Waals surface area (Å²) in [6.07, 6.45) is 0. The van der Waals surface area contributed by atoms with E-state index in [1.165, 1.54) is 99.1 Å². The van der Waals surface area contributed by atoms with Gasteiger partial charge in [-0.3, -0.25) is 0 Å². The Hall–Kier alpha value is -6.38.